The maximum Gasteiger partial charge on any atom is 0.331 e. The Kier molecular flexibility index (Phi) is 7.62. The SMILES string of the molecule is CCOc1ccc(C=CC(=O)OC(C)(C)C)c(OCC)c1OCC. The molecule has 0 aliphatic carbocycles. The fraction of sp³-hybridized carbons (Fsp3) is 0.526. The number of ether oxygens (including phenoxy) is 4. The fourth-order valence-electron chi connectivity index (χ4n) is 2.03. The van der Waals surface area contributed by atoms with Gasteiger partial charge in [0.1, 0.15) is 5.60 Å². The van der Waals surface area contributed by atoms with Crippen LogP contribution in [0.2, 0.25) is 0 Å². The van der Waals surface area contributed by atoms with Crippen LogP contribution in [-0.4, -0.2) is 31.4 Å². The molecule has 0 radical (unpaired) electrons. The Morgan fingerprint density at radius 3 is 2.08 bits per heavy atom. The van der Waals surface area contributed by atoms with Gasteiger partial charge in [-0.15, -0.1) is 0 Å². The average molecular weight is 336 g/mol. The standard InChI is InChI=1S/C19H28O5/c1-7-21-15-12-10-14(11-13-16(20)24-19(4,5)6)17(22-8-2)18(15)23-9-3/h10-13H,7-9H2,1-6H3. The summed E-state index contributed by atoms with van der Waals surface area (Å²) in [4.78, 5) is 11.9. The first kappa shape index (κ1) is 19.9. The molecular weight excluding hydrogens is 308 g/mol. The molecule has 0 saturated heterocycles. The molecule has 0 amide bonds. The third-order valence-corrected chi connectivity index (χ3v) is 2.79. The van der Waals surface area contributed by atoms with Crippen LogP contribution in [0, 0.1) is 0 Å². The average Bonchev–Trinajstić information content (AvgIpc) is 2.48. The summed E-state index contributed by atoms with van der Waals surface area (Å²) < 4.78 is 22.3. The minimum atomic E-state index is -0.528. The molecule has 0 aromatic heterocycles. The molecule has 24 heavy (non-hydrogen) atoms. The van der Waals surface area contributed by atoms with Gasteiger partial charge in [-0.3, -0.25) is 0 Å². The van der Waals surface area contributed by atoms with Crippen LogP contribution in [0.15, 0.2) is 18.2 Å². The molecule has 0 fully saturated rings. The van der Waals surface area contributed by atoms with E-state index in [1.54, 1.807) is 6.08 Å². The first-order valence-corrected chi connectivity index (χ1v) is 8.28. The highest BCUT2D eigenvalue weighted by Gasteiger charge is 2.17. The molecule has 0 bridgehead atoms. The highest BCUT2D eigenvalue weighted by molar-refractivity contribution is 5.88. The maximum absolute atomic E-state index is 11.9. The van der Waals surface area contributed by atoms with Gasteiger partial charge < -0.3 is 18.9 Å². The summed E-state index contributed by atoms with van der Waals surface area (Å²) in [6, 6.07) is 3.64. The summed E-state index contributed by atoms with van der Waals surface area (Å²) >= 11 is 0. The first-order valence-electron chi connectivity index (χ1n) is 8.28. The van der Waals surface area contributed by atoms with Gasteiger partial charge >= 0.3 is 5.97 Å². The second-order valence-electron chi connectivity index (χ2n) is 5.98. The van der Waals surface area contributed by atoms with Crippen molar-refractivity contribution in [3.8, 4) is 17.2 Å². The molecule has 5 nitrogen and oxygen atoms in total. The van der Waals surface area contributed by atoms with E-state index in [-0.39, 0.29) is 0 Å². The van der Waals surface area contributed by atoms with Gasteiger partial charge in [-0.05, 0) is 59.8 Å². The lowest BCUT2D eigenvalue weighted by molar-refractivity contribution is -0.148. The van der Waals surface area contributed by atoms with Gasteiger partial charge in [0.05, 0.1) is 19.8 Å². The van der Waals surface area contributed by atoms with E-state index in [2.05, 4.69) is 0 Å². The third kappa shape index (κ3) is 6.14. The molecule has 0 heterocycles. The Labute approximate surface area is 144 Å². The van der Waals surface area contributed by atoms with Crippen molar-refractivity contribution in [1.82, 2.24) is 0 Å². The number of hydrogen-bond acceptors (Lipinski definition) is 5. The second kappa shape index (κ2) is 9.21. The van der Waals surface area contributed by atoms with Crippen LogP contribution < -0.4 is 14.2 Å². The summed E-state index contributed by atoms with van der Waals surface area (Å²) in [5.74, 6) is 1.33. The van der Waals surface area contributed by atoms with Gasteiger partial charge in [0.15, 0.2) is 11.5 Å². The van der Waals surface area contributed by atoms with Crippen molar-refractivity contribution in [1.29, 1.82) is 0 Å². The van der Waals surface area contributed by atoms with E-state index in [0.29, 0.717) is 37.1 Å². The monoisotopic (exact) mass is 336 g/mol. The van der Waals surface area contributed by atoms with Gasteiger partial charge in [-0.1, -0.05) is 0 Å². The topological polar surface area (TPSA) is 54.0 Å². The minimum absolute atomic E-state index is 0.406. The zero-order chi connectivity index (χ0) is 18.2. The highest BCUT2D eigenvalue weighted by Crippen LogP contribution is 2.41. The molecule has 1 aromatic rings. The second-order valence-corrected chi connectivity index (χ2v) is 5.98. The lowest BCUT2D eigenvalue weighted by Gasteiger charge is -2.18. The molecule has 0 saturated carbocycles. The quantitative estimate of drug-likeness (QED) is 0.525. The molecule has 5 heteroatoms. The van der Waals surface area contributed by atoms with E-state index < -0.39 is 11.6 Å². The number of benzene rings is 1. The lowest BCUT2D eigenvalue weighted by Crippen LogP contribution is -2.22. The van der Waals surface area contributed by atoms with E-state index in [4.69, 9.17) is 18.9 Å². The smallest absolute Gasteiger partial charge is 0.331 e. The summed E-state index contributed by atoms with van der Waals surface area (Å²) in [5, 5.41) is 0. The molecule has 0 aliphatic rings. The third-order valence-electron chi connectivity index (χ3n) is 2.79. The predicted octanol–water partition coefficient (Wildman–Crippen LogP) is 4.24. The molecule has 1 aromatic carbocycles. The molecule has 0 N–H and O–H groups in total. The summed E-state index contributed by atoms with van der Waals surface area (Å²) in [5.41, 5.74) is 0.203. The van der Waals surface area contributed by atoms with Crippen LogP contribution >= 0.6 is 0 Å². The van der Waals surface area contributed by atoms with E-state index in [1.165, 1.54) is 6.08 Å². The zero-order valence-corrected chi connectivity index (χ0v) is 15.5. The number of carbonyl (C=O) groups excluding carboxylic acids is 1. The Balaban J connectivity index is 3.17. The molecule has 0 atom stereocenters. The Hall–Kier alpha value is -2.17. The van der Waals surface area contributed by atoms with Crippen LogP contribution in [0.1, 0.15) is 47.1 Å². The predicted molar refractivity (Wildman–Crippen MR) is 94.8 cm³/mol. The molecule has 0 aliphatic heterocycles. The lowest BCUT2D eigenvalue weighted by atomic mass is 10.1. The van der Waals surface area contributed by atoms with Crippen molar-refractivity contribution in [3.63, 3.8) is 0 Å². The van der Waals surface area contributed by atoms with Crippen molar-refractivity contribution >= 4 is 12.0 Å². The molecule has 134 valence electrons. The van der Waals surface area contributed by atoms with Crippen LogP contribution in [0.25, 0.3) is 6.08 Å². The van der Waals surface area contributed by atoms with Gasteiger partial charge in [-0.2, -0.15) is 0 Å². The molecule has 0 unspecified atom stereocenters. The minimum Gasteiger partial charge on any atom is -0.490 e. The van der Waals surface area contributed by atoms with Crippen molar-refractivity contribution in [3.05, 3.63) is 23.8 Å². The van der Waals surface area contributed by atoms with Crippen molar-refractivity contribution in [2.24, 2.45) is 0 Å². The van der Waals surface area contributed by atoms with Gasteiger partial charge in [0, 0.05) is 11.6 Å². The van der Waals surface area contributed by atoms with Crippen LogP contribution in [-0.2, 0) is 9.53 Å². The summed E-state index contributed by atoms with van der Waals surface area (Å²) in [6.07, 6.45) is 3.05. The largest absolute Gasteiger partial charge is 0.490 e. The summed E-state index contributed by atoms with van der Waals surface area (Å²) in [6.45, 7) is 12.7. The Morgan fingerprint density at radius 1 is 0.958 bits per heavy atom. The normalized spacial score (nSPS) is 11.4. The van der Waals surface area contributed by atoms with Gasteiger partial charge in [-0.25, -0.2) is 4.79 Å². The van der Waals surface area contributed by atoms with Gasteiger partial charge in [0.2, 0.25) is 5.75 Å². The maximum atomic E-state index is 11.9. The van der Waals surface area contributed by atoms with Crippen LogP contribution in [0.4, 0.5) is 0 Å². The fourth-order valence-corrected chi connectivity index (χ4v) is 2.03. The molecule has 0 spiro atoms. The van der Waals surface area contributed by atoms with E-state index in [0.717, 1.165) is 5.56 Å². The van der Waals surface area contributed by atoms with Crippen LogP contribution in [0.3, 0.4) is 0 Å². The number of hydrogen-bond donors (Lipinski definition) is 0. The Bertz CT molecular complexity index is 570. The van der Waals surface area contributed by atoms with Crippen molar-refractivity contribution in [2.75, 3.05) is 19.8 Å². The number of rotatable bonds is 8. The number of carbonyl (C=O) groups is 1. The van der Waals surface area contributed by atoms with Crippen molar-refractivity contribution in [2.45, 2.75) is 47.1 Å². The van der Waals surface area contributed by atoms with Gasteiger partial charge in [0.25, 0.3) is 0 Å². The highest BCUT2D eigenvalue weighted by atomic mass is 16.6. The molecule has 1 rings (SSSR count). The summed E-state index contributed by atoms with van der Waals surface area (Å²) in [7, 11) is 0. The van der Waals surface area contributed by atoms with E-state index >= 15 is 0 Å². The zero-order valence-electron chi connectivity index (χ0n) is 15.5. The van der Waals surface area contributed by atoms with E-state index in [9.17, 15) is 4.79 Å². The van der Waals surface area contributed by atoms with Crippen LogP contribution in [0.5, 0.6) is 17.2 Å². The first-order chi connectivity index (χ1) is 11.3. The Morgan fingerprint density at radius 2 is 1.54 bits per heavy atom. The van der Waals surface area contributed by atoms with E-state index in [1.807, 2.05) is 53.7 Å². The van der Waals surface area contributed by atoms with Crippen molar-refractivity contribution < 1.29 is 23.7 Å². The molecular formula is C19H28O5. The number of esters is 1.